The van der Waals surface area contributed by atoms with Gasteiger partial charge < -0.3 is 13.6 Å². The molecule has 0 unspecified atom stereocenters. The van der Waals surface area contributed by atoms with Crippen LogP contribution in [0, 0.1) is 0 Å². The third-order valence-electron chi connectivity index (χ3n) is 4.04. The van der Waals surface area contributed by atoms with E-state index in [1.165, 1.54) is 17.2 Å². The topological polar surface area (TPSA) is 52.6 Å². The van der Waals surface area contributed by atoms with Crippen LogP contribution < -0.4 is 10.4 Å². The van der Waals surface area contributed by atoms with E-state index in [0.717, 1.165) is 23.6 Å². The van der Waals surface area contributed by atoms with Crippen LogP contribution in [0.25, 0.3) is 21.9 Å². The predicted octanol–water partition coefficient (Wildman–Crippen LogP) is 5.61. The van der Waals surface area contributed by atoms with Crippen molar-refractivity contribution in [2.45, 2.75) is 33.6 Å². The minimum absolute atomic E-state index is 0.419. The molecule has 130 valence electrons. The molecule has 4 heteroatoms. The molecule has 0 spiro atoms. The average Bonchev–Trinajstić information content (AvgIpc) is 2.99. The summed E-state index contributed by atoms with van der Waals surface area (Å²) in [5.74, 6) is 0.530. The quantitative estimate of drug-likeness (QED) is 0.433. The lowest BCUT2D eigenvalue weighted by atomic mass is 10.1. The van der Waals surface area contributed by atoms with E-state index in [9.17, 15) is 4.79 Å². The van der Waals surface area contributed by atoms with Crippen LogP contribution >= 0.6 is 0 Å². The van der Waals surface area contributed by atoms with Gasteiger partial charge in [-0.2, -0.15) is 0 Å². The second kappa shape index (κ2) is 7.43. The first-order chi connectivity index (χ1) is 12.0. The van der Waals surface area contributed by atoms with E-state index in [0.29, 0.717) is 23.5 Å². The molecule has 0 fully saturated rings. The molecule has 0 saturated heterocycles. The van der Waals surface area contributed by atoms with Gasteiger partial charge in [0, 0.05) is 11.5 Å². The molecular weight excluding hydrogens is 316 g/mol. The Labute approximate surface area is 146 Å². The summed E-state index contributed by atoms with van der Waals surface area (Å²) in [6.45, 7) is 6.72. The Morgan fingerprint density at radius 3 is 2.76 bits per heavy atom. The molecule has 2 heterocycles. The molecule has 25 heavy (non-hydrogen) atoms. The Morgan fingerprint density at radius 2 is 1.96 bits per heavy atom. The van der Waals surface area contributed by atoms with Gasteiger partial charge in [0.2, 0.25) is 0 Å². The van der Waals surface area contributed by atoms with Crippen molar-refractivity contribution in [1.29, 1.82) is 0 Å². The molecule has 3 aromatic rings. The molecule has 2 aromatic heterocycles. The van der Waals surface area contributed by atoms with E-state index in [1.807, 2.05) is 12.1 Å². The number of rotatable bonds is 6. The number of fused-ring (bicyclic) bond motifs is 2. The molecule has 0 N–H and O–H groups in total. The molecule has 0 atom stereocenters. The zero-order chi connectivity index (χ0) is 17.8. The molecule has 0 aliphatic carbocycles. The van der Waals surface area contributed by atoms with Crippen LogP contribution in [0.1, 0.15) is 33.6 Å². The van der Waals surface area contributed by atoms with Gasteiger partial charge in [0.15, 0.2) is 0 Å². The maximum atomic E-state index is 11.8. The summed E-state index contributed by atoms with van der Waals surface area (Å²) in [5.41, 5.74) is 3.31. The third-order valence-corrected chi connectivity index (χ3v) is 4.04. The maximum Gasteiger partial charge on any atom is 0.339 e. The summed E-state index contributed by atoms with van der Waals surface area (Å²) >= 11 is 0. The van der Waals surface area contributed by atoms with Crippen LogP contribution in [0.15, 0.2) is 67.5 Å². The van der Waals surface area contributed by atoms with Gasteiger partial charge in [-0.05, 0) is 51.8 Å². The highest BCUT2D eigenvalue weighted by Crippen LogP contribution is 2.29. The van der Waals surface area contributed by atoms with Gasteiger partial charge in [-0.25, -0.2) is 4.79 Å². The summed E-state index contributed by atoms with van der Waals surface area (Å²) in [6, 6.07) is 6.90. The summed E-state index contributed by atoms with van der Waals surface area (Å²) in [6.07, 6.45) is 7.92. The highest BCUT2D eigenvalue weighted by Gasteiger charge is 2.09. The van der Waals surface area contributed by atoms with E-state index in [1.54, 1.807) is 12.3 Å². The van der Waals surface area contributed by atoms with Crippen LogP contribution in [0.3, 0.4) is 0 Å². The van der Waals surface area contributed by atoms with Gasteiger partial charge in [0.1, 0.15) is 23.5 Å². The van der Waals surface area contributed by atoms with Gasteiger partial charge in [0.05, 0.1) is 17.7 Å². The van der Waals surface area contributed by atoms with Crippen LogP contribution in [-0.4, -0.2) is 6.61 Å². The van der Waals surface area contributed by atoms with E-state index < -0.39 is 5.63 Å². The van der Waals surface area contributed by atoms with E-state index >= 15 is 0 Å². The van der Waals surface area contributed by atoms with Crippen molar-refractivity contribution in [1.82, 2.24) is 0 Å². The lowest BCUT2D eigenvalue weighted by molar-refractivity contribution is 0.362. The number of hydrogen-bond donors (Lipinski definition) is 0. The van der Waals surface area contributed by atoms with Crippen molar-refractivity contribution in [3.8, 4) is 5.75 Å². The molecule has 0 aliphatic heterocycles. The van der Waals surface area contributed by atoms with Crippen LogP contribution in [0.5, 0.6) is 5.75 Å². The Hall–Kier alpha value is -2.75. The Balaban J connectivity index is 1.79. The minimum atomic E-state index is -0.433. The van der Waals surface area contributed by atoms with Crippen molar-refractivity contribution >= 4 is 21.9 Å². The summed E-state index contributed by atoms with van der Waals surface area (Å²) in [7, 11) is 0. The minimum Gasteiger partial charge on any atom is -0.488 e. The van der Waals surface area contributed by atoms with Gasteiger partial charge in [-0.1, -0.05) is 17.2 Å². The second-order valence-corrected chi connectivity index (χ2v) is 6.42. The fourth-order valence-corrected chi connectivity index (χ4v) is 2.67. The molecule has 0 bridgehead atoms. The molecule has 1 aromatic carbocycles. The average molecular weight is 338 g/mol. The van der Waals surface area contributed by atoms with Crippen molar-refractivity contribution in [2.24, 2.45) is 0 Å². The van der Waals surface area contributed by atoms with Gasteiger partial charge in [-0.15, -0.1) is 0 Å². The lowest BCUT2D eigenvalue weighted by Crippen LogP contribution is -2.02. The molecule has 0 radical (unpaired) electrons. The Morgan fingerprint density at radius 1 is 1.12 bits per heavy atom. The number of allylic oxidation sites excluding steroid dienone is 3. The molecule has 0 aliphatic rings. The zero-order valence-corrected chi connectivity index (χ0v) is 14.8. The second-order valence-electron chi connectivity index (χ2n) is 6.42. The van der Waals surface area contributed by atoms with E-state index in [4.69, 9.17) is 13.6 Å². The standard InChI is InChI=1S/C21H22O4/c1-14(2)5-4-6-15(3)7-9-24-19-13-21(22)25-20-12-18-16(8-10-23-18)11-17(19)20/h5,7-8,10-13H,4,6,9H2,1-3H3/b15-7+. The first kappa shape index (κ1) is 17.1. The van der Waals surface area contributed by atoms with Gasteiger partial charge in [-0.3, -0.25) is 0 Å². The van der Waals surface area contributed by atoms with Crippen molar-refractivity contribution in [2.75, 3.05) is 6.61 Å². The smallest absolute Gasteiger partial charge is 0.339 e. The van der Waals surface area contributed by atoms with E-state index in [2.05, 4.69) is 32.9 Å². The molecule has 0 amide bonds. The molecule has 3 rings (SSSR count). The van der Waals surface area contributed by atoms with Gasteiger partial charge in [0.25, 0.3) is 0 Å². The Bertz CT molecular complexity index is 998. The molecule has 0 saturated carbocycles. The summed E-state index contributed by atoms with van der Waals surface area (Å²) in [5, 5.41) is 1.71. The fourth-order valence-electron chi connectivity index (χ4n) is 2.67. The van der Waals surface area contributed by atoms with E-state index in [-0.39, 0.29) is 0 Å². The molecule has 4 nitrogen and oxygen atoms in total. The summed E-state index contributed by atoms with van der Waals surface area (Å²) < 4.78 is 16.5. The van der Waals surface area contributed by atoms with Crippen molar-refractivity contribution in [3.63, 3.8) is 0 Å². The number of furan rings is 1. The highest BCUT2D eigenvalue weighted by molar-refractivity contribution is 5.95. The Kier molecular flexibility index (Phi) is 5.08. The number of ether oxygens (including phenoxy) is 1. The largest absolute Gasteiger partial charge is 0.488 e. The van der Waals surface area contributed by atoms with Gasteiger partial charge >= 0.3 is 5.63 Å². The van der Waals surface area contributed by atoms with Crippen molar-refractivity contribution < 1.29 is 13.6 Å². The first-order valence-corrected chi connectivity index (χ1v) is 8.40. The lowest BCUT2D eigenvalue weighted by Gasteiger charge is -2.07. The SMILES string of the molecule is CC(C)=CCC/C(C)=C/COc1cc(=O)oc2cc3occc3cc12. The fraction of sp³-hybridized carbons (Fsp3) is 0.286. The maximum absolute atomic E-state index is 11.8. The van der Waals surface area contributed by atoms with Crippen LogP contribution in [0.4, 0.5) is 0 Å². The zero-order valence-electron chi connectivity index (χ0n) is 14.8. The predicted molar refractivity (Wildman–Crippen MR) is 100 cm³/mol. The summed E-state index contributed by atoms with van der Waals surface area (Å²) in [4.78, 5) is 11.8. The third kappa shape index (κ3) is 4.21. The number of hydrogen-bond acceptors (Lipinski definition) is 4. The molecular formula is C21H22O4. The van der Waals surface area contributed by atoms with Crippen LogP contribution in [-0.2, 0) is 0 Å². The van der Waals surface area contributed by atoms with Crippen LogP contribution in [0.2, 0.25) is 0 Å². The van der Waals surface area contributed by atoms with Crippen molar-refractivity contribution in [3.05, 3.63) is 64.2 Å². The number of benzene rings is 1. The monoisotopic (exact) mass is 338 g/mol. The normalized spacial score (nSPS) is 11.9. The first-order valence-electron chi connectivity index (χ1n) is 8.40. The highest BCUT2D eigenvalue weighted by atomic mass is 16.5.